The lowest BCUT2D eigenvalue weighted by Crippen LogP contribution is -2.43. The number of ether oxygens (including phenoxy) is 1. The van der Waals surface area contributed by atoms with Crippen LogP contribution in [0.15, 0.2) is 47.4 Å². The van der Waals surface area contributed by atoms with Gasteiger partial charge in [-0.2, -0.15) is 4.31 Å². The van der Waals surface area contributed by atoms with E-state index in [9.17, 15) is 17.6 Å². The lowest BCUT2D eigenvalue weighted by molar-refractivity contribution is -0.120. The minimum Gasteiger partial charge on any atom is -0.495 e. The second kappa shape index (κ2) is 8.46. The van der Waals surface area contributed by atoms with E-state index in [1.807, 2.05) is 0 Å². The van der Waals surface area contributed by atoms with Crippen LogP contribution in [0, 0.1) is 11.7 Å². The monoisotopic (exact) mass is 426 g/mol. The normalized spacial score (nSPS) is 17.9. The van der Waals surface area contributed by atoms with Crippen molar-refractivity contribution >= 4 is 33.2 Å². The number of nitrogens with one attached hydrogen (secondary N) is 1. The van der Waals surface area contributed by atoms with E-state index in [0.29, 0.717) is 23.6 Å². The molecule has 1 aliphatic heterocycles. The number of amides is 1. The summed E-state index contributed by atoms with van der Waals surface area (Å²) in [4.78, 5) is 12.4. The quantitative estimate of drug-likeness (QED) is 0.793. The molecule has 1 unspecified atom stereocenters. The number of hydrogen-bond donors (Lipinski definition) is 1. The van der Waals surface area contributed by atoms with Gasteiger partial charge in [-0.05, 0) is 43.2 Å². The molecule has 1 fully saturated rings. The van der Waals surface area contributed by atoms with Crippen molar-refractivity contribution < 1.29 is 22.3 Å². The van der Waals surface area contributed by atoms with Crippen LogP contribution < -0.4 is 10.1 Å². The summed E-state index contributed by atoms with van der Waals surface area (Å²) in [6.07, 6.45) is 1.06. The average Bonchev–Trinajstić information content (AvgIpc) is 2.69. The van der Waals surface area contributed by atoms with Crippen LogP contribution >= 0.6 is 11.6 Å². The number of anilines is 1. The summed E-state index contributed by atoms with van der Waals surface area (Å²) < 4.78 is 46.0. The third-order valence-electron chi connectivity index (χ3n) is 4.63. The zero-order valence-electron chi connectivity index (χ0n) is 15.2. The molecule has 3 rings (SSSR count). The summed E-state index contributed by atoms with van der Waals surface area (Å²) in [5, 5.41) is 3.15. The van der Waals surface area contributed by atoms with Gasteiger partial charge in [-0.3, -0.25) is 4.79 Å². The first-order chi connectivity index (χ1) is 13.3. The molecular weight excluding hydrogens is 407 g/mol. The van der Waals surface area contributed by atoms with Crippen molar-refractivity contribution in [2.45, 2.75) is 17.7 Å². The van der Waals surface area contributed by atoms with Crippen molar-refractivity contribution in [1.29, 1.82) is 0 Å². The Morgan fingerprint density at radius 3 is 2.75 bits per heavy atom. The number of carbonyl (C=O) groups is 1. The van der Waals surface area contributed by atoms with Gasteiger partial charge in [-0.15, -0.1) is 0 Å². The molecule has 6 nitrogen and oxygen atoms in total. The largest absolute Gasteiger partial charge is 0.495 e. The van der Waals surface area contributed by atoms with Gasteiger partial charge in [0.15, 0.2) is 0 Å². The molecule has 0 radical (unpaired) electrons. The number of rotatable bonds is 5. The number of piperidine rings is 1. The Labute approximate surface area is 168 Å². The first kappa shape index (κ1) is 20.6. The van der Waals surface area contributed by atoms with E-state index in [0.717, 1.165) is 12.1 Å². The fourth-order valence-electron chi connectivity index (χ4n) is 3.16. The maximum absolute atomic E-state index is 13.7. The molecule has 1 aliphatic rings. The molecule has 1 atom stereocenters. The van der Waals surface area contributed by atoms with Gasteiger partial charge in [0.25, 0.3) is 0 Å². The Morgan fingerprint density at radius 2 is 2.04 bits per heavy atom. The van der Waals surface area contributed by atoms with E-state index in [-0.39, 0.29) is 29.6 Å². The highest BCUT2D eigenvalue weighted by Crippen LogP contribution is 2.31. The third-order valence-corrected chi connectivity index (χ3v) is 6.85. The van der Waals surface area contributed by atoms with Gasteiger partial charge in [0.05, 0.1) is 23.7 Å². The van der Waals surface area contributed by atoms with Crippen LogP contribution in [0.5, 0.6) is 5.75 Å². The number of para-hydroxylation sites is 1. The molecule has 0 saturated carbocycles. The standard InChI is InChI=1S/C19H20ClFN2O4S/c1-27-17-9-8-14(21)11-18(17)28(25,26)23-10-4-5-13(12-23)19(24)22-16-7-3-2-6-15(16)20/h2-3,6-9,11,13H,4-5,10,12H2,1H3,(H,22,24). The lowest BCUT2D eigenvalue weighted by Gasteiger charge is -2.31. The summed E-state index contributed by atoms with van der Waals surface area (Å²) in [5.41, 5.74) is 0.473. The summed E-state index contributed by atoms with van der Waals surface area (Å²) >= 11 is 6.07. The molecule has 0 aliphatic carbocycles. The fraction of sp³-hybridized carbons (Fsp3) is 0.316. The SMILES string of the molecule is COc1ccc(F)cc1S(=O)(=O)N1CCCC(C(=O)Nc2ccccc2Cl)C1. The minimum absolute atomic E-state index is 0.00170. The predicted octanol–water partition coefficient (Wildman–Crippen LogP) is 3.53. The lowest BCUT2D eigenvalue weighted by atomic mass is 9.99. The van der Waals surface area contributed by atoms with Crippen molar-refractivity contribution in [2.24, 2.45) is 5.92 Å². The second-order valence-corrected chi connectivity index (χ2v) is 8.78. The summed E-state index contributed by atoms with van der Waals surface area (Å²) in [7, 11) is -2.69. The fourth-order valence-corrected chi connectivity index (χ4v) is 5.04. The van der Waals surface area contributed by atoms with Crippen LogP contribution in [-0.2, 0) is 14.8 Å². The Kier molecular flexibility index (Phi) is 6.22. The van der Waals surface area contributed by atoms with Crippen LogP contribution in [0.1, 0.15) is 12.8 Å². The third kappa shape index (κ3) is 4.29. The zero-order valence-corrected chi connectivity index (χ0v) is 16.8. The van der Waals surface area contributed by atoms with Crippen LogP contribution in [0.2, 0.25) is 5.02 Å². The van der Waals surface area contributed by atoms with E-state index < -0.39 is 21.8 Å². The number of methoxy groups -OCH3 is 1. The van der Waals surface area contributed by atoms with Crippen LogP contribution in [0.25, 0.3) is 0 Å². The van der Waals surface area contributed by atoms with Crippen molar-refractivity contribution in [2.75, 3.05) is 25.5 Å². The van der Waals surface area contributed by atoms with Crippen molar-refractivity contribution in [3.05, 3.63) is 53.3 Å². The molecule has 1 heterocycles. The Morgan fingerprint density at radius 1 is 1.29 bits per heavy atom. The molecule has 2 aromatic rings. The van der Waals surface area contributed by atoms with E-state index in [1.54, 1.807) is 24.3 Å². The molecule has 1 saturated heterocycles. The van der Waals surface area contributed by atoms with E-state index in [2.05, 4.69) is 5.32 Å². The minimum atomic E-state index is -4.01. The summed E-state index contributed by atoms with van der Waals surface area (Å²) in [6.45, 7) is 0.246. The predicted molar refractivity (Wildman–Crippen MR) is 105 cm³/mol. The number of hydrogen-bond acceptors (Lipinski definition) is 4. The van der Waals surface area contributed by atoms with Crippen molar-refractivity contribution in [3.63, 3.8) is 0 Å². The van der Waals surface area contributed by atoms with Gasteiger partial charge >= 0.3 is 0 Å². The molecule has 1 amide bonds. The Hall–Kier alpha value is -2.16. The van der Waals surface area contributed by atoms with Crippen LogP contribution in [0.3, 0.4) is 0 Å². The van der Waals surface area contributed by atoms with Crippen molar-refractivity contribution in [1.82, 2.24) is 4.31 Å². The number of benzene rings is 2. The highest BCUT2D eigenvalue weighted by molar-refractivity contribution is 7.89. The first-order valence-corrected chi connectivity index (χ1v) is 10.5. The summed E-state index contributed by atoms with van der Waals surface area (Å²) in [6, 6.07) is 10.2. The van der Waals surface area contributed by atoms with E-state index in [4.69, 9.17) is 16.3 Å². The molecule has 0 bridgehead atoms. The molecule has 28 heavy (non-hydrogen) atoms. The Bertz CT molecular complexity index is 984. The number of carbonyl (C=O) groups excluding carboxylic acids is 1. The van der Waals surface area contributed by atoms with Gasteiger partial charge in [0.1, 0.15) is 16.5 Å². The maximum Gasteiger partial charge on any atom is 0.246 e. The second-order valence-electron chi connectivity index (χ2n) is 6.47. The molecule has 0 aromatic heterocycles. The molecule has 150 valence electrons. The van der Waals surface area contributed by atoms with Crippen LogP contribution in [-0.4, -0.2) is 38.8 Å². The van der Waals surface area contributed by atoms with Gasteiger partial charge in [0, 0.05) is 13.1 Å². The number of sulfonamides is 1. The Balaban J connectivity index is 1.80. The van der Waals surface area contributed by atoms with E-state index >= 15 is 0 Å². The average molecular weight is 427 g/mol. The number of halogens is 2. The highest BCUT2D eigenvalue weighted by atomic mass is 35.5. The van der Waals surface area contributed by atoms with Crippen LogP contribution in [0.4, 0.5) is 10.1 Å². The van der Waals surface area contributed by atoms with Gasteiger partial charge < -0.3 is 10.1 Å². The highest BCUT2D eigenvalue weighted by Gasteiger charge is 2.35. The zero-order chi connectivity index (χ0) is 20.3. The smallest absolute Gasteiger partial charge is 0.246 e. The first-order valence-electron chi connectivity index (χ1n) is 8.72. The van der Waals surface area contributed by atoms with Gasteiger partial charge in [0.2, 0.25) is 15.9 Å². The molecule has 2 aromatic carbocycles. The number of nitrogens with zero attached hydrogens (tertiary/aromatic N) is 1. The molecule has 9 heteroatoms. The molecule has 0 spiro atoms. The molecule has 1 N–H and O–H groups in total. The van der Waals surface area contributed by atoms with Gasteiger partial charge in [-0.25, -0.2) is 12.8 Å². The molecular formula is C19H20ClFN2O4S. The maximum atomic E-state index is 13.7. The van der Waals surface area contributed by atoms with Gasteiger partial charge in [-0.1, -0.05) is 23.7 Å². The summed E-state index contributed by atoms with van der Waals surface area (Å²) in [5.74, 6) is -1.47. The van der Waals surface area contributed by atoms with Crippen molar-refractivity contribution in [3.8, 4) is 5.75 Å². The topological polar surface area (TPSA) is 75.7 Å². The van der Waals surface area contributed by atoms with E-state index in [1.165, 1.54) is 17.5 Å².